The molecule has 26 heavy (non-hydrogen) atoms. The van der Waals surface area contributed by atoms with Gasteiger partial charge in [-0.15, -0.1) is 0 Å². The van der Waals surface area contributed by atoms with Crippen LogP contribution in [-0.4, -0.2) is 34.2 Å². The van der Waals surface area contributed by atoms with Crippen LogP contribution in [0.1, 0.15) is 26.7 Å². The quantitative estimate of drug-likeness (QED) is 0.807. The second-order valence-corrected chi connectivity index (χ2v) is 8.18. The molecule has 2 fully saturated rings. The number of aromatic nitrogens is 2. The van der Waals surface area contributed by atoms with E-state index in [2.05, 4.69) is 24.1 Å². The van der Waals surface area contributed by atoms with Crippen molar-refractivity contribution in [1.82, 2.24) is 14.9 Å². The summed E-state index contributed by atoms with van der Waals surface area (Å²) in [4.78, 5) is 28.2. The number of aromatic amines is 1. The van der Waals surface area contributed by atoms with Gasteiger partial charge in [0.25, 0.3) is 5.56 Å². The molecule has 4 rings (SSSR count). The number of rotatable bonds is 4. The second kappa shape index (κ2) is 6.32. The third kappa shape index (κ3) is 2.70. The third-order valence-corrected chi connectivity index (χ3v) is 6.19. The van der Waals surface area contributed by atoms with E-state index >= 15 is 0 Å². The molecule has 1 aromatic heterocycles. The van der Waals surface area contributed by atoms with Crippen LogP contribution in [0.2, 0.25) is 0 Å². The van der Waals surface area contributed by atoms with E-state index in [1.54, 1.807) is 6.07 Å². The molecule has 2 heterocycles. The summed E-state index contributed by atoms with van der Waals surface area (Å²) in [6.45, 7) is 5.30. The summed E-state index contributed by atoms with van der Waals surface area (Å²) in [6, 6.07) is 7.38. The van der Waals surface area contributed by atoms with Crippen molar-refractivity contribution in [2.75, 3.05) is 6.61 Å². The van der Waals surface area contributed by atoms with Crippen molar-refractivity contribution in [3.8, 4) is 0 Å². The molecule has 0 bridgehead atoms. The Morgan fingerprint density at radius 3 is 3.00 bits per heavy atom. The third-order valence-electron chi connectivity index (χ3n) is 5.87. The molecule has 0 radical (unpaired) electrons. The summed E-state index contributed by atoms with van der Waals surface area (Å²) in [6.07, 6.45) is 1.46. The van der Waals surface area contributed by atoms with Gasteiger partial charge in [-0.25, -0.2) is 0 Å². The number of nitrogens with one attached hydrogen (secondary N) is 2. The van der Waals surface area contributed by atoms with Crippen molar-refractivity contribution in [2.24, 2.45) is 11.3 Å². The summed E-state index contributed by atoms with van der Waals surface area (Å²) >= 11 is 5.30. The number of fused-ring (bicyclic) bond motifs is 2. The van der Waals surface area contributed by atoms with Gasteiger partial charge in [-0.3, -0.25) is 14.2 Å². The predicted octanol–water partition coefficient (Wildman–Crippen LogP) is 2.38. The van der Waals surface area contributed by atoms with E-state index in [4.69, 9.17) is 17.0 Å². The van der Waals surface area contributed by atoms with Crippen LogP contribution in [0.15, 0.2) is 29.1 Å². The van der Waals surface area contributed by atoms with E-state index < -0.39 is 0 Å². The SMILES string of the molecule is CC1(C)[C@H](NC(=O)CCn2c(=S)[nH]c3ccccc3c2=O)[C@H]2CCO[C@@H]21. The first-order valence-corrected chi connectivity index (χ1v) is 9.43. The molecular weight excluding hydrogens is 350 g/mol. The van der Waals surface area contributed by atoms with Crippen molar-refractivity contribution >= 4 is 29.0 Å². The van der Waals surface area contributed by atoms with Crippen LogP contribution in [0.4, 0.5) is 0 Å². The first-order valence-electron chi connectivity index (χ1n) is 9.02. The minimum Gasteiger partial charge on any atom is -0.377 e. The van der Waals surface area contributed by atoms with Crippen LogP contribution in [0.25, 0.3) is 10.9 Å². The second-order valence-electron chi connectivity index (χ2n) is 7.79. The number of carbonyl (C=O) groups excluding carboxylic acids is 1. The molecule has 1 aromatic carbocycles. The predicted molar refractivity (Wildman–Crippen MR) is 102 cm³/mol. The number of hydrogen-bond donors (Lipinski definition) is 2. The lowest BCUT2D eigenvalue weighted by atomic mass is 9.57. The summed E-state index contributed by atoms with van der Waals surface area (Å²) < 4.78 is 7.57. The molecule has 1 saturated carbocycles. The monoisotopic (exact) mass is 373 g/mol. The zero-order chi connectivity index (χ0) is 18.5. The molecule has 138 valence electrons. The summed E-state index contributed by atoms with van der Waals surface area (Å²) in [5, 5.41) is 3.72. The van der Waals surface area contributed by atoms with E-state index in [0.29, 0.717) is 21.6 Å². The highest BCUT2D eigenvalue weighted by atomic mass is 32.1. The molecule has 0 unspecified atom stereocenters. The fraction of sp³-hybridized carbons (Fsp3) is 0.526. The average molecular weight is 373 g/mol. The zero-order valence-corrected chi connectivity index (χ0v) is 15.8. The van der Waals surface area contributed by atoms with Crippen molar-refractivity contribution < 1.29 is 9.53 Å². The Morgan fingerprint density at radius 1 is 1.42 bits per heavy atom. The molecule has 7 heteroatoms. The Kier molecular flexibility index (Phi) is 4.23. The van der Waals surface area contributed by atoms with E-state index in [1.165, 1.54) is 4.57 Å². The van der Waals surface area contributed by atoms with E-state index in [-0.39, 0.29) is 42.0 Å². The fourth-order valence-electron chi connectivity index (χ4n) is 4.48. The number of amides is 1. The van der Waals surface area contributed by atoms with Gasteiger partial charge < -0.3 is 15.0 Å². The van der Waals surface area contributed by atoms with Gasteiger partial charge in [0.2, 0.25) is 5.91 Å². The zero-order valence-electron chi connectivity index (χ0n) is 15.0. The summed E-state index contributed by atoms with van der Waals surface area (Å²) in [7, 11) is 0. The van der Waals surface area contributed by atoms with Crippen LogP contribution in [0.3, 0.4) is 0 Å². The lowest BCUT2D eigenvalue weighted by Gasteiger charge is -2.54. The lowest BCUT2D eigenvalue weighted by Crippen LogP contribution is -2.66. The van der Waals surface area contributed by atoms with Gasteiger partial charge in [0.1, 0.15) is 0 Å². The Balaban J connectivity index is 1.46. The van der Waals surface area contributed by atoms with E-state index in [9.17, 15) is 9.59 Å². The van der Waals surface area contributed by atoms with Gasteiger partial charge in [0.15, 0.2) is 4.77 Å². The number of benzene rings is 1. The van der Waals surface area contributed by atoms with Crippen LogP contribution < -0.4 is 10.9 Å². The number of ether oxygens (including phenoxy) is 1. The van der Waals surface area contributed by atoms with Gasteiger partial charge in [-0.1, -0.05) is 26.0 Å². The lowest BCUT2D eigenvalue weighted by molar-refractivity contribution is -0.138. The van der Waals surface area contributed by atoms with Gasteiger partial charge in [0.05, 0.1) is 17.0 Å². The Hall–Kier alpha value is -1.99. The minimum absolute atomic E-state index is 0.0480. The highest BCUT2D eigenvalue weighted by Crippen LogP contribution is 2.52. The molecule has 3 atom stereocenters. The highest BCUT2D eigenvalue weighted by molar-refractivity contribution is 7.71. The molecule has 1 saturated heterocycles. The standard InChI is InChI=1S/C19H23N3O3S/c1-19(2)15(12-8-10-25-16(12)19)21-14(23)7-9-22-17(24)11-5-3-4-6-13(11)20-18(22)26/h3-6,12,15-16H,7-10H2,1-2H3,(H,20,26)(H,21,23)/t12-,15-,16+/m1/s1. The Morgan fingerprint density at radius 2 is 2.19 bits per heavy atom. The fourth-order valence-corrected chi connectivity index (χ4v) is 4.76. The van der Waals surface area contributed by atoms with Gasteiger partial charge in [-0.05, 0) is 30.8 Å². The Bertz CT molecular complexity index is 978. The number of hydrogen-bond acceptors (Lipinski definition) is 4. The molecule has 2 aromatic rings. The largest absolute Gasteiger partial charge is 0.377 e. The number of H-pyrrole nitrogens is 1. The molecule has 1 amide bonds. The maximum Gasteiger partial charge on any atom is 0.262 e. The number of carbonyl (C=O) groups is 1. The van der Waals surface area contributed by atoms with Gasteiger partial charge in [0, 0.05) is 36.9 Å². The van der Waals surface area contributed by atoms with E-state index in [1.807, 2.05) is 18.2 Å². The first-order chi connectivity index (χ1) is 12.4. The molecule has 2 aliphatic rings. The summed E-state index contributed by atoms with van der Waals surface area (Å²) in [5.74, 6) is 0.350. The maximum atomic E-state index is 12.6. The Labute approximate surface area is 156 Å². The van der Waals surface area contributed by atoms with Crippen molar-refractivity contribution in [1.29, 1.82) is 0 Å². The topological polar surface area (TPSA) is 76.1 Å². The van der Waals surface area contributed by atoms with Crippen molar-refractivity contribution in [3.63, 3.8) is 0 Å². The normalized spacial score (nSPS) is 26.3. The molecule has 6 nitrogen and oxygen atoms in total. The van der Waals surface area contributed by atoms with Crippen molar-refractivity contribution in [2.45, 2.75) is 45.4 Å². The number of para-hydroxylation sites is 1. The van der Waals surface area contributed by atoms with E-state index in [0.717, 1.165) is 13.0 Å². The van der Waals surface area contributed by atoms with Crippen LogP contribution in [0, 0.1) is 16.1 Å². The number of nitrogens with zero attached hydrogens (tertiary/aromatic N) is 1. The molecule has 1 aliphatic heterocycles. The van der Waals surface area contributed by atoms with Gasteiger partial charge >= 0.3 is 0 Å². The first kappa shape index (κ1) is 17.4. The van der Waals surface area contributed by atoms with Crippen LogP contribution >= 0.6 is 12.2 Å². The average Bonchev–Trinajstić information content (AvgIpc) is 3.07. The molecule has 2 N–H and O–H groups in total. The van der Waals surface area contributed by atoms with Crippen molar-refractivity contribution in [3.05, 3.63) is 39.4 Å². The van der Waals surface area contributed by atoms with Gasteiger partial charge in [-0.2, -0.15) is 0 Å². The minimum atomic E-state index is -0.162. The van der Waals surface area contributed by atoms with Crippen LogP contribution in [0.5, 0.6) is 0 Å². The summed E-state index contributed by atoms with van der Waals surface area (Å²) in [5.41, 5.74) is 0.505. The highest BCUT2D eigenvalue weighted by Gasteiger charge is 2.59. The molecular formula is C19H23N3O3S. The van der Waals surface area contributed by atoms with Crippen LogP contribution in [-0.2, 0) is 16.1 Å². The molecule has 0 spiro atoms. The smallest absolute Gasteiger partial charge is 0.262 e. The molecule has 1 aliphatic carbocycles. The maximum absolute atomic E-state index is 12.6.